The van der Waals surface area contributed by atoms with Crippen molar-refractivity contribution in [3.05, 3.63) is 35.6 Å². The van der Waals surface area contributed by atoms with Crippen LogP contribution in [0.15, 0.2) is 24.3 Å². The van der Waals surface area contributed by atoms with Crippen molar-refractivity contribution in [1.29, 1.82) is 0 Å². The minimum absolute atomic E-state index is 0.101. The predicted octanol–water partition coefficient (Wildman–Crippen LogP) is 3.20. The van der Waals surface area contributed by atoms with Gasteiger partial charge in [-0.15, -0.1) is 0 Å². The molecule has 1 fully saturated rings. The van der Waals surface area contributed by atoms with Gasteiger partial charge >= 0.3 is 5.97 Å². The van der Waals surface area contributed by atoms with E-state index in [1.165, 1.54) is 24.3 Å². The second-order valence-corrected chi connectivity index (χ2v) is 6.15. The molecule has 0 radical (unpaired) electrons. The van der Waals surface area contributed by atoms with E-state index in [1.807, 2.05) is 6.92 Å². The van der Waals surface area contributed by atoms with Gasteiger partial charge in [-0.05, 0) is 37.0 Å². The molecule has 5 nitrogen and oxygen atoms in total. The van der Waals surface area contributed by atoms with Crippen LogP contribution in [0.4, 0.5) is 4.39 Å². The summed E-state index contributed by atoms with van der Waals surface area (Å²) in [6.07, 6.45) is 3.90. The number of rotatable bonds is 8. The van der Waals surface area contributed by atoms with E-state index in [9.17, 15) is 14.0 Å². The molecule has 0 aromatic heterocycles. The van der Waals surface area contributed by atoms with E-state index >= 15 is 0 Å². The van der Waals surface area contributed by atoms with Gasteiger partial charge in [0.15, 0.2) is 0 Å². The highest BCUT2D eigenvalue weighted by atomic mass is 19.1. The number of carboxylic acids is 1. The summed E-state index contributed by atoms with van der Waals surface area (Å²) in [6, 6.07) is 4.77. The maximum absolute atomic E-state index is 13.1. The minimum atomic E-state index is -1.03. The first-order chi connectivity index (χ1) is 11.5. The van der Waals surface area contributed by atoms with Crippen molar-refractivity contribution < 1.29 is 23.8 Å². The van der Waals surface area contributed by atoms with Crippen LogP contribution in [0.3, 0.4) is 0 Å². The van der Waals surface area contributed by atoms with E-state index in [0.29, 0.717) is 12.0 Å². The van der Waals surface area contributed by atoms with Crippen LogP contribution in [0, 0.1) is 5.82 Å². The Morgan fingerprint density at radius 1 is 1.29 bits per heavy atom. The summed E-state index contributed by atoms with van der Waals surface area (Å²) in [5.41, 5.74) is 0.558. The Bertz CT molecular complexity index is 555. The number of carbonyl (C=O) groups excluding carboxylic acids is 1. The highest BCUT2D eigenvalue weighted by Gasteiger charge is 2.27. The van der Waals surface area contributed by atoms with Crippen molar-refractivity contribution in [2.45, 2.75) is 63.7 Å². The lowest BCUT2D eigenvalue weighted by Gasteiger charge is -2.24. The lowest BCUT2D eigenvalue weighted by atomic mass is 10.0. The van der Waals surface area contributed by atoms with Crippen molar-refractivity contribution in [3.63, 3.8) is 0 Å². The molecule has 2 N–H and O–H groups in total. The Kier molecular flexibility index (Phi) is 6.73. The van der Waals surface area contributed by atoms with Gasteiger partial charge in [0.05, 0.1) is 18.6 Å². The molecule has 2 rings (SSSR count). The monoisotopic (exact) mass is 337 g/mol. The van der Waals surface area contributed by atoms with Gasteiger partial charge in [-0.2, -0.15) is 0 Å². The van der Waals surface area contributed by atoms with Crippen molar-refractivity contribution in [3.8, 4) is 0 Å². The summed E-state index contributed by atoms with van der Waals surface area (Å²) < 4.78 is 18.9. The third-order valence-corrected chi connectivity index (χ3v) is 4.29. The Labute approximate surface area is 141 Å². The maximum atomic E-state index is 13.1. The smallest absolute Gasteiger partial charge is 0.305 e. The molecule has 0 spiro atoms. The molecule has 0 saturated heterocycles. The molecular formula is C18H24FNO4. The number of amides is 1. The lowest BCUT2D eigenvalue weighted by molar-refractivity contribution is -0.140. The topological polar surface area (TPSA) is 75.6 Å². The first-order valence-electron chi connectivity index (χ1n) is 8.42. The van der Waals surface area contributed by atoms with Crippen LogP contribution >= 0.6 is 0 Å². The Hall–Kier alpha value is -1.95. The average Bonchev–Trinajstić information content (AvgIpc) is 3.05. The van der Waals surface area contributed by atoms with Crippen LogP contribution in [-0.4, -0.2) is 29.2 Å². The molecule has 0 bridgehead atoms. The van der Waals surface area contributed by atoms with Crippen LogP contribution < -0.4 is 5.32 Å². The SMILES string of the molecule is CCC(OC1CCCC1)C(=O)NC(CC(=O)O)c1ccc(F)cc1. The fraction of sp³-hybridized carbons (Fsp3) is 0.556. The summed E-state index contributed by atoms with van der Waals surface area (Å²) in [6.45, 7) is 1.86. The number of carbonyl (C=O) groups is 2. The molecule has 1 amide bonds. The summed E-state index contributed by atoms with van der Waals surface area (Å²) in [4.78, 5) is 23.6. The van der Waals surface area contributed by atoms with Crippen molar-refractivity contribution >= 4 is 11.9 Å². The van der Waals surface area contributed by atoms with Crippen molar-refractivity contribution in [1.82, 2.24) is 5.32 Å². The Morgan fingerprint density at radius 2 is 1.92 bits per heavy atom. The van der Waals surface area contributed by atoms with E-state index in [4.69, 9.17) is 9.84 Å². The first-order valence-corrected chi connectivity index (χ1v) is 8.42. The molecule has 2 unspecified atom stereocenters. The fourth-order valence-corrected chi connectivity index (χ4v) is 2.99. The maximum Gasteiger partial charge on any atom is 0.305 e. The van der Waals surface area contributed by atoms with Gasteiger partial charge in [-0.1, -0.05) is 31.9 Å². The van der Waals surface area contributed by atoms with Gasteiger partial charge < -0.3 is 15.2 Å². The van der Waals surface area contributed by atoms with Gasteiger partial charge in [0.2, 0.25) is 5.91 Å². The van der Waals surface area contributed by atoms with Crippen molar-refractivity contribution in [2.75, 3.05) is 0 Å². The standard InChI is InChI=1S/C18H24FNO4/c1-2-16(24-14-5-3-4-6-14)18(23)20-15(11-17(21)22)12-7-9-13(19)10-8-12/h7-10,14-16H,2-6,11H2,1H3,(H,20,23)(H,21,22). The fourth-order valence-electron chi connectivity index (χ4n) is 2.99. The van der Waals surface area contributed by atoms with Crippen LogP contribution in [0.1, 0.15) is 57.1 Å². The lowest BCUT2D eigenvalue weighted by Crippen LogP contribution is -2.40. The number of hydrogen-bond donors (Lipinski definition) is 2. The second kappa shape index (κ2) is 8.78. The molecule has 0 heterocycles. The quantitative estimate of drug-likeness (QED) is 0.764. The molecular weight excluding hydrogens is 313 g/mol. The van der Waals surface area contributed by atoms with Gasteiger partial charge in [0.25, 0.3) is 0 Å². The van der Waals surface area contributed by atoms with E-state index in [1.54, 1.807) is 0 Å². The van der Waals surface area contributed by atoms with E-state index < -0.39 is 23.9 Å². The third-order valence-electron chi connectivity index (χ3n) is 4.29. The largest absolute Gasteiger partial charge is 0.481 e. The number of ether oxygens (including phenoxy) is 1. The molecule has 24 heavy (non-hydrogen) atoms. The minimum Gasteiger partial charge on any atom is -0.481 e. The highest BCUT2D eigenvalue weighted by Crippen LogP contribution is 2.24. The molecule has 1 aliphatic carbocycles. The normalized spacial score (nSPS) is 17.4. The number of aliphatic carboxylic acids is 1. The van der Waals surface area contributed by atoms with Crippen LogP contribution in [-0.2, 0) is 14.3 Å². The molecule has 1 saturated carbocycles. The van der Waals surface area contributed by atoms with E-state index in [2.05, 4.69) is 5.32 Å². The molecule has 1 aliphatic rings. The van der Waals surface area contributed by atoms with Crippen LogP contribution in [0.25, 0.3) is 0 Å². The Balaban J connectivity index is 2.04. The van der Waals surface area contributed by atoms with Crippen LogP contribution in [0.2, 0.25) is 0 Å². The van der Waals surface area contributed by atoms with Gasteiger partial charge in [-0.3, -0.25) is 9.59 Å². The molecule has 0 aliphatic heterocycles. The highest BCUT2D eigenvalue weighted by molar-refractivity contribution is 5.82. The average molecular weight is 337 g/mol. The number of hydrogen-bond acceptors (Lipinski definition) is 3. The van der Waals surface area contributed by atoms with Gasteiger partial charge in [0.1, 0.15) is 11.9 Å². The zero-order chi connectivity index (χ0) is 17.5. The number of benzene rings is 1. The Morgan fingerprint density at radius 3 is 2.46 bits per heavy atom. The zero-order valence-electron chi connectivity index (χ0n) is 13.8. The zero-order valence-corrected chi connectivity index (χ0v) is 13.8. The summed E-state index contributed by atoms with van der Waals surface area (Å²) >= 11 is 0. The first kappa shape index (κ1) is 18.4. The predicted molar refractivity (Wildman–Crippen MR) is 87.0 cm³/mol. The molecule has 1 aromatic carbocycles. The second-order valence-electron chi connectivity index (χ2n) is 6.15. The van der Waals surface area contributed by atoms with E-state index in [0.717, 1.165) is 25.7 Å². The van der Waals surface area contributed by atoms with Gasteiger partial charge in [-0.25, -0.2) is 4.39 Å². The molecule has 6 heteroatoms. The van der Waals surface area contributed by atoms with Gasteiger partial charge in [0, 0.05) is 0 Å². The third kappa shape index (κ3) is 5.30. The summed E-state index contributed by atoms with van der Waals surface area (Å²) in [5.74, 6) is -1.76. The number of halogens is 1. The van der Waals surface area contributed by atoms with E-state index in [-0.39, 0.29) is 18.4 Å². The van der Waals surface area contributed by atoms with Crippen LogP contribution in [0.5, 0.6) is 0 Å². The number of carboxylic acid groups (broad SMARTS) is 1. The van der Waals surface area contributed by atoms with Crippen molar-refractivity contribution in [2.24, 2.45) is 0 Å². The number of nitrogens with one attached hydrogen (secondary N) is 1. The molecule has 2 atom stereocenters. The molecule has 1 aromatic rings. The summed E-state index contributed by atoms with van der Waals surface area (Å²) in [7, 11) is 0. The molecule has 132 valence electrons. The summed E-state index contributed by atoms with van der Waals surface area (Å²) in [5, 5.41) is 11.8.